The van der Waals surface area contributed by atoms with Crippen LogP contribution < -0.4 is 5.32 Å². The molecule has 0 radical (unpaired) electrons. The van der Waals surface area contributed by atoms with Crippen molar-refractivity contribution in [2.75, 3.05) is 13.1 Å². The number of carbonyl (C=O) groups is 1. The van der Waals surface area contributed by atoms with Crippen LogP contribution in [-0.2, 0) is 13.1 Å². The Hall–Kier alpha value is -2.33. The summed E-state index contributed by atoms with van der Waals surface area (Å²) in [6, 6.07) is 13.6. The third-order valence-electron chi connectivity index (χ3n) is 5.01. The van der Waals surface area contributed by atoms with E-state index < -0.39 is 0 Å². The van der Waals surface area contributed by atoms with E-state index in [2.05, 4.69) is 48.3 Å². The number of phenols is 1. The van der Waals surface area contributed by atoms with Crippen molar-refractivity contribution in [3.8, 4) is 5.75 Å². The van der Waals surface area contributed by atoms with Gasteiger partial charge in [0.05, 0.1) is 5.56 Å². The summed E-state index contributed by atoms with van der Waals surface area (Å²) in [7, 11) is 0. The lowest BCUT2D eigenvalue weighted by Gasteiger charge is -2.15. The zero-order valence-electron chi connectivity index (χ0n) is 15.7. The van der Waals surface area contributed by atoms with Crippen molar-refractivity contribution in [2.24, 2.45) is 0 Å². The highest BCUT2D eigenvalue weighted by Gasteiger charge is 2.14. The predicted molar refractivity (Wildman–Crippen MR) is 104 cm³/mol. The van der Waals surface area contributed by atoms with Gasteiger partial charge >= 0.3 is 0 Å². The first kappa shape index (κ1) is 18.5. The van der Waals surface area contributed by atoms with Crippen LogP contribution in [0.2, 0.25) is 0 Å². The minimum atomic E-state index is -0.244. The van der Waals surface area contributed by atoms with Crippen LogP contribution in [0.1, 0.15) is 59.7 Å². The molecule has 1 fully saturated rings. The minimum absolute atomic E-state index is 0.0212. The van der Waals surface area contributed by atoms with E-state index in [4.69, 9.17) is 0 Å². The molecule has 0 aromatic heterocycles. The maximum atomic E-state index is 12.4. The molecule has 0 atom stereocenters. The normalized spacial score (nSPS) is 14.7. The van der Waals surface area contributed by atoms with E-state index in [9.17, 15) is 9.90 Å². The smallest absolute Gasteiger partial charge is 0.255 e. The Morgan fingerprint density at radius 2 is 1.73 bits per heavy atom. The van der Waals surface area contributed by atoms with E-state index in [1.54, 1.807) is 12.1 Å². The van der Waals surface area contributed by atoms with Crippen molar-refractivity contribution < 1.29 is 9.90 Å². The molecule has 26 heavy (non-hydrogen) atoms. The maximum Gasteiger partial charge on any atom is 0.255 e. The van der Waals surface area contributed by atoms with Gasteiger partial charge in [-0.15, -0.1) is 0 Å². The van der Waals surface area contributed by atoms with E-state index in [0.29, 0.717) is 18.0 Å². The van der Waals surface area contributed by atoms with Crippen LogP contribution in [0, 0.1) is 0 Å². The molecule has 1 aliphatic rings. The van der Waals surface area contributed by atoms with Gasteiger partial charge < -0.3 is 10.4 Å². The molecule has 138 valence electrons. The van der Waals surface area contributed by atoms with Gasteiger partial charge in [0.15, 0.2) is 0 Å². The van der Waals surface area contributed by atoms with E-state index in [1.165, 1.54) is 31.5 Å². The third-order valence-corrected chi connectivity index (χ3v) is 5.01. The number of nitrogens with one attached hydrogen (secondary N) is 1. The molecule has 4 nitrogen and oxygen atoms in total. The van der Waals surface area contributed by atoms with Crippen LogP contribution in [0.3, 0.4) is 0 Å². The molecule has 0 unspecified atom stereocenters. The number of phenolic OH excluding ortho intramolecular Hbond substituents is 1. The van der Waals surface area contributed by atoms with Crippen LogP contribution >= 0.6 is 0 Å². The van der Waals surface area contributed by atoms with Gasteiger partial charge in [0.2, 0.25) is 0 Å². The molecule has 0 aliphatic carbocycles. The molecular formula is C22H28N2O2. The number of nitrogens with zero attached hydrogens (tertiary/aromatic N) is 1. The van der Waals surface area contributed by atoms with Gasteiger partial charge in [-0.3, -0.25) is 9.69 Å². The molecule has 0 bridgehead atoms. The molecule has 2 N–H and O–H groups in total. The quantitative estimate of drug-likeness (QED) is 0.825. The number of aromatic hydroxyl groups is 1. The molecule has 1 heterocycles. The molecule has 1 aliphatic heterocycles. The van der Waals surface area contributed by atoms with Crippen molar-refractivity contribution in [1.29, 1.82) is 0 Å². The van der Waals surface area contributed by atoms with Crippen molar-refractivity contribution in [3.63, 3.8) is 0 Å². The van der Waals surface area contributed by atoms with E-state index >= 15 is 0 Å². The number of likely N-dealkylation sites (tertiary alicyclic amines) is 1. The highest BCUT2D eigenvalue weighted by Crippen LogP contribution is 2.23. The zero-order chi connectivity index (χ0) is 18.5. The third kappa shape index (κ3) is 4.64. The van der Waals surface area contributed by atoms with Crippen molar-refractivity contribution in [1.82, 2.24) is 10.2 Å². The fourth-order valence-corrected chi connectivity index (χ4v) is 3.33. The Bertz CT molecular complexity index is 747. The van der Waals surface area contributed by atoms with Crippen molar-refractivity contribution >= 4 is 5.91 Å². The van der Waals surface area contributed by atoms with Gasteiger partial charge in [0, 0.05) is 13.1 Å². The summed E-state index contributed by atoms with van der Waals surface area (Å²) in [4.78, 5) is 14.9. The lowest BCUT2D eigenvalue weighted by atomic mass is 10.00. The van der Waals surface area contributed by atoms with Crippen molar-refractivity contribution in [2.45, 2.75) is 45.7 Å². The fourth-order valence-electron chi connectivity index (χ4n) is 3.33. The molecule has 4 heteroatoms. The first-order valence-electron chi connectivity index (χ1n) is 9.44. The Labute approximate surface area is 155 Å². The van der Waals surface area contributed by atoms with Crippen LogP contribution in [0.25, 0.3) is 0 Å². The second kappa shape index (κ2) is 8.37. The summed E-state index contributed by atoms with van der Waals surface area (Å²) in [5.74, 6) is 0.0873. The molecular weight excluding hydrogens is 324 g/mol. The molecule has 2 aromatic carbocycles. The Morgan fingerprint density at radius 1 is 1.08 bits per heavy atom. The molecule has 2 aromatic rings. The average Bonchev–Trinajstić information content (AvgIpc) is 3.14. The maximum absolute atomic E-state index is 12.4. The van der Waals surface area contributed by atoms with Gasteiger partial charge in [0.1, 0.15) is 5.75 Å². The highest BCUT2D eigenvalue weighted by molar-refractivity contribution is 5.97. The van der Waals surface area contributed by atoms with E-state index in [1.807, 2.05) is 6.07 Å². The number of benzene rings is 2. The van der Waals surface area contributed by atoms with Crippen LogP contribution in [0.5, 0.6) is 5.75 Å². The molecule has 0 spiro atoms. The van der Waals surface area contributed by atoms with Gasteiger partial charge in [-0.2, -0.15) is 0 Å². The van der Waals surface area contributed by atoms with E-state index in [-0.39, 0.29) is 11.7 Å². The average molecular weight is 352 g/mol. The number of hydrogen-bond acceptors (Lipinski definition) is 3. The van der Waals surface area contributed by atoms with Gasteiger partial charge in [-0.25, -0.2) is 0 Å². The second-order valence-electron chi connectivity index (χ2n) is 7.41. The summed E-state index contributed by atoms with van der Waals surface area (Å²) in [6.07, 6.45) is 2.60. The first-order valence-corrected chi connectivity index (χ1v) is 9.44. The molecule has 0 saturated carbocycles. The number of hydrogen-bond donors (Lipinski definition) is 2. The summed E-state index contributed by atoms with van der Waals surface area (Å²) in [5.41, 5.74) is 3.74. The number of amides is 1. The van der Waals surface area contributed by atoms with Gasteiger partial charge in [-0.1, -0.05) is 44.2 Å². The lowest BCUT2D eigenvalue weighted by Crippen LogP contribution is -2.23. The SMILES string of the molecule is CC(C)c1ccc(O)c(C(=O)NCc2ccc(CN3CCCC3)cc2)c1. The van der Waals surface area contributed by atoms with Gasteiger partial charge in [0.25, 0.3) is 5.91 Å². The summed E-state index contributed by atoms with van der Waals surface area (Å²) >= 11 is 0. The van der Waals surface area contributed by atoms with Crippen molar-refractivity contribution in [3.05, 3.63) is 64.7 Å². The Kier molecular flexibility index (Phi) is 5.94. The molecule has 1 amide bonds. The highest BCUT2D eigenvalue weighted by atomic mass is 16.3. The zero-order valence-corrected chi connectivity index (χ0v) is 15.7. The lowest BCUT2D eigenvalue weighted by molar-refractivity contribution is 0.0948. The van der Waals surface area contributed by atoms with Crippen LogP contribution in [0.4, 0.5) is 0 Å². The number of rotatable bonds is 6. The van der Waals surface area contributed by atoms with Crippen LogP contribution in [0.15, 0.2) is 42.5 Å². The fraction of sp³-hybridized carbons (Fsp3) is 0.409. The number of carbonyl (C=O) groups excluding carboxylic acids is 1. The Morgan fingerprint density at radius 3 is 2.38 bits per heavy atom. The van der Waals surface area contributed by atoms with Gasteiger partial charge in [-0.05, 0) is 60.7 Å². The molecule has 3 rings (SSSR count). The second-order valence-corrected chi connectivity index (χ2v) is 7.41. The van der Waals surface area contributed by atoms with Crippen LogP contribution in [-0.4, -0.2) is 29.0 Å². The summed E-state index contributed by atoms with van der Waals surface area (Å²) in [5, 5.41) is 12.9. The van der Waals surface area contributed by atoms with E-state index in [0.717, 1.165) is 17.7 Å². The summed E-state index contributed by atoms with van der Waals surface area (Å²) < 4.78 is 0. The largest absolute Gasteiger partial charge is 0.507 e. The monoisotopic (exact) mass is 352 g/mol. The summed E-state index contributed by atoms with van der Waals surface area (Å²) in [6.45, 7) is 7.97. The molecule has 1 saturated heterocycles. The predicted octanol–water partition coefficient (Wildman–Crippen LogP) is 4.04. The minimum Gasteiger partial charge on any atom is -0.507 e. The first-order chi connectivity index (χ1) is 12.5. The topological polar surface area (TPSA) is 52.6 Å². The Balaban J connectivity index is 1.58. The standard InChI is InChI=1S/C22H28N2O2/c1-16(2)19-9-10-21(25)20(13-19)22(26)23-14-17-5-7-18(8-6-17)15-24-11-3-4-12-24/h5-10,13,16,25H,3-4,11-12,14-15H2,1-2H3,(H,23,26).